The Hall–Kier alpha value is -1.86. The van der Waals surface area contributed by atoms with E-state index in [0.717, 1.165) is 60.6 Å². The fraction of sp³-hybridized carbons (Fsp3) is 0.550. The number of halogens is 1. The highest BCUT2D eigenvalue weighted by molar-refractivity contribution is 7.09. The number of carbonyl (C=O) groups excluding carboxylic acids is 1. The number of aromatic nitrogens is 2. The molecule has 1 aromatic heterocycles. The van der Waals surface area contributed by atoms with Crippen molar-refractivity contribution in [3.8, 4) is 0 Å². The number of hydrogen-bond acceptors (Lipinski definition) is 5. The van der Waals surface area contributed by atoms with E-state index in [-0.39, 0.29) is 6.03 Å². The van der Waals surface area contributed by atoms with Crippen LogP contribution in [0.4, 0.5) is 9.93 Å². The van der Waals surface area contributed by atoms with Crippen molar-refractivity contribution >= 4 is 34.3 Å². The second-order valence-corrected chi connectivity index (χ2v) is 8.72. The number of benzene rings is 1. The van der Waals surface area contributed by atoms with Gasteiger partial charge in [-0.25, -0.2) is 9.78 Å². The van der Waals surface area contributed by atoms with Gasteiger partial charge in [0.05, 0.1) is 0 Å². The first kappa shape index (κ1) is 19.5. The molecule has 28 heavy (non-hydrogen) atoms. The highest BCUT2D eigenvalue weighted by atomic mass is 35.5. The predicted octanol–water partition coefficient (Wildman–Crippen LogP) is 3.95. The molecule has 0 unspecified atom stereocenters. The van der Waals surface area contributed by atoms with E-state index in [1.165, 1.54) is 30.8 Å². The van der Waals surface area contributed by atoms with Crippen molar-refractivity contribution in [1.82, 2.24) is 19.6 Å². The van der Waals surface area contributed by atoms with Crippen LogP contribution in [0.1, 0.15) is 43.5 Å². The number of rotatable bonds is 4. The molecule has 2 aliphatic rings. The maximum absolute atomic E-state index is 12.5. The number of nitrogens with one attached hydrogen (secondary N) is 1. The molecule has 2 aromatic rings. The minimum Gasteiger partial charge on any atom is -0.343 e. The molecule has 1 saturated heterocycles. The molecule has 1 saturated carbocycles. The zero-order valence-corrected chi connectivity index (χ0v) is 17.5. The Morgan fingerprint density at radius 1 is 1.11 bits per heavy atom. The second kappa shape index (κ2) is 9.09. The summed E-state index contributed by atoms with van der Waals surface area (Å²) in [6.07, 6.45) is 6.70. The minimum absolute atomic E-state index is 0.0900. The van der Waals surface area contributed by atoms with E-state index in [9.17, 15) is 4.79 Å². The van der Waals surface area contributed by atoms with Gasteiger partial charge in [0, 0.05) is 55.2 Å². The summed E-state index contributed by atoms with van der Waals surface area (Å²) in [5.41, 5.74) is 1.15. The molecule has 0 atom stereocenters. The minimum atomic E-state index is 0.0900. The predicted molar refractivity (Wildman–Crippen MR) is 113 cm³/mol. The van der Waals surface area contributed by atoms with E-state index in [1.807, 2.05) is 29.2 Å². The van der Waals surface area contributed by atoms with E-state index in [0.29, 0.717) is 12.5 Å². The highest BCUT2D eigenvalue weighted by Crippen LogP contribution is 2.22. The van der Waals surface area contributed by atoms with Crippen LogP contribution in [-0.4, -0.2) is 52.5 Å². The monoisotopic (exact) mass is 419 g/mol. The van der Waals surface area contributed by atoms with Gasteiger partial charge in [-0.3, -0.25) is 0 Å². The maximum atomic E-state index is 12.5. The fourth-order valence-corrected chi connectivity index (χ4v) is 4.71. The van der Waals surface area contributed by atoms with E-state index < -0.39 is 0 Å². The van der Waals surface area contributed by atoms with Crippen molar-refractivity contribution in [2.75, 3.05) is 31.1 Å². The normalized spacial score (nSPS) is 18.3. The summed E-state index contributed by atoms with van der Waals surface area (Å²) in [6.45, 7) is 3.05. The van der Waals surface area contributed by atoms with Gasteiger partial charge in [-0.1, -0.05) is 43.0 Å². The van der Waals surface area contributed by atoms with Gasteiger partial charge in [-0.15, -0.1) is 0 Å². The molecule has 2 amide bonds. The number of amides is 2. The summed E-state index contributed by atoms with van der Waals surface area (Å²) >= 11 is 7.38. The Balaban J connectivity index is 1.27. The van der Waals surface area contributed by atoms with E-state index in [2.05, 4.69) is 14.6 Å². The average molecular weight is 420 g/mol. The Labute approximate surface area is 175 Å². The van der Waals surface area contributed by atoms with Gasteiger partial charge < -0.3 is 15.1 Å². The first-order valence-corrected chi connectivity index (χ1v) is 11.2. The van der Waals surface area contributed by atoms with E-state index >= 15 is 0 Å². The van der Waals surface area contributed by atoms with E-state index in [4.69, 9.17) is 16.6 Å². The van der Waals surface area contributed by atoms with Crippen LogP contribution in [0.25, 0.3) is 0 Å². The molecule has 0 bridgehead atoms. The molecule has 6 nitrogen and oxygen atoms in total. The molecule has 1 N–H and O–H groups in total. The van der Waals surface area contributed by atoms with Crippen molar-refractivity contribution in [2.45, 2.75) is 44.6 Å². The van der Waals surface area contributed by atoms with Gasteiger partial charge in [0.25, 0.3) is 0 Å². The summed E-state index contributed by atoms with van der Waals surface area (Å²) < 4.78 is 4.50. The smallest absolute Gasteiger partial charge is 0.317 e. The van der Waals surface area contributed by atoms with Crippen molar-refractivity contribution < 1.29 is 4.79 Å². The fourth-order valence-electron chi connectivity index (χ4n) is 3.84. The quantitative estimate of drug-likeness (QED) is 0.815. The van der Waals surface area contributed by atoms with Crippen LogP contribution in [-0.2, 0) is 6.42 Å². The first-order valence-electron chi connectivity index (χ1n) is 10.0. The molecule has 1 aromatic carbocycles. The highest BCUT2D eigenvalue weighted by Gasteiger charge is 2.25. The first-order chi connectivity index (χ1) is 13.7. The Bertz CT molecular complexity index is 782. The van der Waals surface area contributed by atoms with Crippen molar-refractivity contribution in [2.24, 2.45) is 0 Å². The molecule has 0 spiro atoms. The summed E-state index contributed by atoms with van der Waals surface area (Å²) in [4.78, 5) is 21.4. The van der Waals surface area contributed by atoms with Crippen LogP contribution in [0.5, 0.6) is 0 Å². The molecule has 2 heterocycles. The molecule has 4 rings (SSSR count). The number of carbonyl (C=O) groups is 1. The molecule has 150 valence electrons. The van der Waals surface area contributed by atoms with Gasteiger partial charge in [0.1, 0.15) is 5.82 Å². The summed E-state index contributed by atoms with van der Waals surface area (Å²) in [7, 11) is 0. The van der Waals surface area contributed by atoms with E-state index in [1.54, 1.807) is 0 Å². The lowest BCUT2D eigenvalue weighted by atomic mass is 9.96. The molecule has 0 radical (unpaired) electrons. The van der Waals surface area contributed by atoms with Gasteiger partial charge >= 0.3 is 6.03 Å². The van der Waals surface area contributed by atoms with Crippen LogP contribution >= 0.6 is 23.1 Å². The third-order valence-electron chi connectivity index (χ3n) is 5.50. The number of hydrogen-bond donors (Lipinski definition) is 1. The van der Waals surface area contributed by atoms with Crippen LogP contribution in [0.15, 0.2) is 24.3 Å². The lowest BCUT2D eigenvalue weighted by Crippen LogP contribution is -2.53. The van der Waals surface area contributed by atoms with Crippen LogP contribution in [0, 0.1) is 0 Å². The molecular formula is C20H26ClN5OS. The topological polar surface area (TPSA) is 61.4 Å². The average Bonchev–Trinajstić information content (AvgIpc) is 3.19. The zero-order chi connectivity index (χ0) is 19.3. The van der Waals surface area contributed by atoms with Crippen molar-refractivity contribution in [3.63, 3.8) is 0 Å². The molecule has 8 heteroatoms. The maximum Gasteiger partial charge on any atom is 0.317 e. The number of urea groups is 1. The molecular weight excluding hydrogens is 394 g/mol. The van der Waals surface area contributed by atoms with Crippen molar-refractivity contribution in [1.29, 1.82) is 0 Å². The third kappa shape index (κ3) is 4.94. The number of nitrogens with zero attached hydrogens (tertiary/aromatic N) is 4. The van der Waals surface area contributed by atoms with Gasteiger partial charge in [-0.05, 0) is 30.5 Å². The van der Waals surface area contributed by atoms with Crippen LogP contribution in [0.3, 0.4) is 0 Å². The summed E-state index contributed by atoms with van der Waals surface area (Å²) in [5, 5.41) is 4.89. The van der Waals surface area contributed by atoms with Gasteiger partial charge in [0.15, 0.2) is 0 Å². The zero-order valence-electron chi connectivity index (χ0n) is 15.9. The molecule has 1 aliphatic carbocycles. The summed E-state index contributed by atoms with van der Waals surface area (Å²) in [6, 6.07) is 8.24. The van der Waals surface area contributed by atoms with Gasteiger partial charge in [-0.2, -0.15) is 4.37 Å². The summed E-state index contributed by atoms with van der Waals surface area (Å²) in [5.74, 6) is 0.833. The Morgan fingerprint density at radius 3 is 2.54 bits per heavy atom. The lowest BCUT2D eigenvalue weighted by molar-refractivity contribution is 0.186. The number of anilines is 1. The SMILES string of the molecule is O=C(NC1CCCCC1)N1CCN(c2nc(Cc3ccc(Cl)cc3)ns2)CC1. The molecule has 2 fully saturated rings. The van der Waals surface area contributed by atoms with Crippen molar-refractivity contribution in [3.05, 3.63) is 40.7 Å². The molecule has 1 aliphatic heterocycles. The third-order valence-corrected chi connectivity index (χ3v) is 6.57. The van der Waals surface area contributed by atoms with Crippen LogP contribution in [0.2, 0.25) is 5.02 Å². The largest absolute Gasteiger partial charge is 0.343 e. The Kier molecular flexibility index (Phi) is 6.32. The number of piperazine rings is 1. The standard InChI is InChI=1S/C20H26ClN5OS/c21-16-8-6-15(7-9-16)14-18-23-20(28-24-18)26-12-10-25(11-13-26)19(27)22-17-4-2-1-3-5-17/h6-9,17H,1-5,10-14H2,(H,22,27). The van der Waals surface area contributed by atoms with Crippen LogP contribution < -0.4 is 10.2 Å². The second-order valence-electron chi connectivity index (χ2n) is 7.55. The Morgan fingerprint density at radius 2 is 1.82 bits per heavy atom. The van der Waals surface area contributed by atoms with Gasteiger partial charge in [0.2, 0.25) is 5.13 Å². The lowest BCUT2D eigenvalue weighted by Gasteiger charge is -2.35.